The van der Waals surface area contributed by atoms with Crippen LogP contribution in [0, 0.1) is 23.2 Å². The molecule has 0 radical (unpaired) electrons. The van der Waals surface area contributed by atoms with E-state index in [4.69, 9.17) is 0 Å². The predicted octanol–water partition coefficient (Wildman–Crippen LogP) is 12.9. The van der Waals surface area contributed by atoms with Crippen molar-refractivity contribution in [2.75, 3.05) is 0 Å². The van der Waals surface area contributed by atoms with Gasteiger partial charge >= 0.3 is 0 Å². The molecule has 0 amide bonds. The molecule has 0 bridgehead atoms. The molecule has 1 rings (SSSR count). The first-order valence-electron chi connectivity index (χ1n) is 14.3. The maximum atomic E-state index is 4.10. The van der Waals surface area contributed by atoms with Gasteiger partial charge in [0.15, 0.2) is 0 Å². The number of rotatable bonds is 12. The Labute approximate surface area is 230 Å². The molecule has 0 saturated carbocycles. The highest BCUT2D eigenvalue weighted by molar-refractivity contribution is 5.35. The molecule has 0 heterocycles. The Morgan fingerprint density at radius 1 is 1.11 bits per heavy atom. The fourth-order valence-electron chi connectivity index (χ4n) is 4.61. The molecule has 0 spiro atoms. The van der Waals surface area contributed by atoms with Crippen molar-refractivity contribution in [1.82, 2.24) is 0 Å². The largest absolute Gasteiger partial charge is 0.106 e. The molecule has 4 unspecified atom stereocenters. The predicted molar refractivity (Wildman–Crippen MR) is 174 cm³/mol. The van der Waals surface area contributed by atoms with E-state index in [9.17, 15) is 0 Å². The highest BCUT2D eigenvalue weighted by Crippen LogP contribution is 2.42. The van der Waals surface area contributed by atoms with Crippen LogP contribution in [0.5, 0.6) is 0 Å². The number of unbranched alkanes of at least 4 members (excludes halogenated alkanes) is 1. The summed E-state index contributed by atoms with van der Waals surface area (Å²) in [5.74, 6) is 1.78. The van der Waals surface area contributed by atoms with E-state index in [2.05, 4.69) is 117 Å². The van der Waals surface area contributed by atoms with Crippen LogP contribution in [-0.4, -0.2) is 0 Å². The fraction of sp³-hybridized carbons (Fsp3) is 0.611. The quantitative estimate of drug-likeness (QED) is 0.185. The normalized spacial score (nSPS) is 18.4. The molecule has 0 N–H and O–H groups in total. The summed E-state index contributed by atoms with van der Waals surface area (Å²) in [5.41, 5.74) is 4.69. The number of allylic oxidation sites excluding steroid dienone is 11. The third-order valence-electron chi connectivity index (χ3n) is 7.10. The van der Waals surface area contributed by atoms with Gasteiger partial charge < -0.3 is 0 Å². The lowest BCUT2D eigenvalue weighted by molar-refractivity contribution is 0.291. The minimum atomic E-state index is 0. The van der Waals surface area contributed by atoms with Gasteiger partial charge in [-0.2, -0.15) is 0 Å². The van der Waals surface area contributed by atoms with E-state index in [1.54, 1.807) is 5.57 Å². The molecule has 0 aromatic heterocycles. The lowest BCUT2D eigenvalue weighted by Gasteiger charge is -2.36. The number of hydrogen-bond donors (Lipinski definition) is 0. The summed E-state index contributed by atoms with van der Waals surface area (Å²) in [6.45, 7) is 34.1. The first kappa shape index (κ1) is 41.3. The summed E-state index contributed by atoms with van der Waals surface area (Å²) in [4.78, 5) is 0. The topological polar surface area (TPSA) is 0 Å². The molecular formula is C36H66. The Morgan fingerprint density at radius 3 is 2.14 bits per heavy atom. The number of hydrogen-bond acceptors (Lipinski definition) is 0. The maximum Gasteiger partial charge on any atom is -0.00833 e. The Balaban J connectivity index is -0.000000677. The molecule has 0 nitrogen and oxygen atoms in total. The van der Waals surface area contributed by atoms with Gasteiger partial charge in [0.1, 0.15) is 0 Å². The molecule has 1 aliphatic carbocycles. The zero-order valence-corrected chi connectivity index (χ0v) is 25.7. The Bertz CT molecular complexity index is 666. The lowest BCUT2D eigenvalue weighted by atomic mass is 9.69. The molecule has 0 saturated heterocycles. The molecule has 0 fully saturated rings. The summed E-state index contributed by atoms with van der Waals surface area (Å²) in [7, 11) is 0. The van der Waals surface area contributed by atoms with Crippen molar-refractivity contribution in [2.24, 2.45) is 23.2 Å². The van der Waals surface area contributed by atoms with Gasteiger partial charge in [0.05, 0.1) is 0 Å². The van der Waals surface area contributed by atoms with Crippen LogP contribution in [0.3, 0.4) is 0 Å². The molecule has 210 valence electrons. The van der Waals surface area contributed by atoms with E-state index in [1.807, 2.05) is 27.7 Å². The van der Waals surface area contributed by atoms with Crippen molar-refractivity contribution in [2.45, 2.75) is 122 Å². The molecule has 4 atom stereocenters. The molecule has 0 aromatic rings. The SMILES string of the molecule is C.C=C.C=C/C(=C\C=C/C)C(C)C(CCCC)CC1=CC(C(C)(/C=C\C)CC)CC=C1C.CC.CC. The van der Waals surface area contributed by atoms with Gasteiger partial charge in [-0.25, -0.2) is 0 Å². The Kier molecular flexibility index (Phi) is 30.1. The molecule has 1 aliphatic rings. The second kappa shape index (κ2) is 26.2. The molecule has 0 aromatic carbocycles. The average Bonchev–Trinajstić information content (AvgIpc) is 2.91. The van der Waals surface area contributed by atoms with Gasteiger partial charge in [0, 0.05) is 0 Å². The van der Waals surface area contributed by atoms with Gasteiger partial charge in [-0.05, 0) is 80.8 Å². The van der Waals surface area contributed by atoms with Crippen LogP contribution < -0.4 is 0 Å². The zero-order chi connectivity index (χ0) is 27.9. The minimum absolute atomic E-state index is 0. The van der Waals surface area contributed by atoms with Crippen molar-refractivity contribution in [1.29, 1.82) is 0 Å². The molecular weight excluding hydrogens is 432 g/mol. The van der Waals surface area contributed by atoms with Crippen LogP contribution >= 0.6 is 0 Å². The standard InChI is InChI=1S/C29H46.2C2H6.C2H4.CH4/c1-9-14-16-25(12-4)24(7)26(17-15-10-2)21-27-22-28(19-18-23(27)6)29(8,13-5)20-11-3;3*1-2;/h9,11-12,14,16,18,20,22,24,26,28H,4,10,13,15,17,19,21H2,1-3,5-8H3;2*1-2H3;1-2H2;1H4/b14-9-,20-11-,25-16+;;;;. The first-order chi connectivity index (χ1) is 16.9. The smallest absolute Gasteiger partial charge is 0.00833 e. The van der Waals surface area contributed by atoms with Crippen molar-refractivity contribution in [3.63, 3.8) is 0 Å². The van der Waals surface area contributed by atoms with Gasteiger partial charge in [-0.3, -0.25) is 0 Å². The third-order valence-corrected chi connectivity index (χ3v) is 7.10. The van der Waals surface area contributed by atoms with Crippen LogP contribution in [0.1, 0.15) is 122 Å². The Morgan fingerprint density at radius 2 is 1.69 bits per heavy atom. The van der Waals surface area contributed by atoms with E-state index in [-0.39, 0.29) is 12.8 Å². The van der Waals surface area contributed by atoms with E-state index >= 15 is 0 Å². The van der Waals surface area contributed by atoms with E-state index in [1.165, 1.54) is 43.3 Å². The summed E-state index contributed by atoms with van der Waals surface area (Å²) < 4.78 is 0. The van der Waals surface area contributed by atoms with Crippen molar-refractivity contribution in [3.8, 4) is 0 Å². The summed E-state index contributed by atoms with van der Waals surface area (Å²) in [5, 5.41) is 0. The Hall–Kier alpha value is -1.82. The van der Waals surface area contributed by atoms with Crippen LogP contribution in [-0.2, 0) is 0 Å². The van der Waals surface area contributed by atoms with Crippen LogP contribution in [0.25, 0.3) is 0 Å². The molecule has 0 heteroatoms. The molecule has 0 aliphatic heterocycles. The summed E-state index contributed by atoms with van der Waals surface area (Å²) in [6, 6.07) is 0. The van der Waals surface area contributed by atoms with E-state index in [0.29, 0.717) is 17.8 Å². The average molecular weight is 499 g/mol. The van der Waals surface area contributed by atoms with Crippen LogP contribution in [0.2, 0.25) is 0 Å². The second-order valence-electron chi connectivity index (χ2n) is 9.07. The first-order valence-corrected chi connectivity index (χ1v) is 14.3. The van der Waals surface area contributed by atoms with Crippen LogP contribution in [0.4, 0.5) is 0 Å². The van der Waals surface area contributed by atoms with Crippen molar-refractivity contribution in [3.05, 3.63) is 85.1 Å². The third kappa shape index (κ3) is 14.7. The minimum Gasteiger partial charge on any atom is -0.106 e. The summed E-state index contributed by atoms with van der Waals surface area (Å²) >= 11 is 0. The second-order valence-corrected chi connectivity index (χ2v) is 9.07. The fourth-order valence-corrected chi connectivity index (χ4v) is 4.61. The highest BCUT2D eigenvalue weighted by atomic mass is 14.4. The van der Waals surface area contributed by atoms with Crippen molar-refractivity contribution < 1.29 is 0 Å². The van der Waals surface area contributed by atoms with Gasteiger partial charge in [-0.15, -0.1) is 13.2 Å². The summed E-state index contributed by atoms with van der Waals surface area (Å²) in [6.07, 6.45) is 25.7. The van der Waals surface area contributed by atoms with Crippen molar-refractivity contribution >= 4 is 0 Å². The maximum absolute atomic E-state index is 4.10. The lowest BCUT2D eigenvalue weighted by Crippen LogP contribution is -2.25. The van der Waals surface area contributed by atoms with Gasteiger partial charge in [0.2, 0.25) is 0 Å². The van der Waals surface area contributed by atoms with Gasteiger partial charge in [-0.1, -0.05) is 136 Å². The molecule has 36 heavy (non-hydrogen) atoms. The highest BCUT2D eigenvalue weighted by Gasteiger charge is 2.31. The van der Waals surface area contributed by atoms with E-state index < -0.39 is 0 Å². The zero-order valence-electron chi connectivity index (χ0n) is 25.7. The van der Waals surface area contributed by atoms with E-state index in [0.717, 1.165) is 6.42 Å². The van der Waals surface area contributed by atoms with Crippen LogP contribution in [0.15, 0.2) is 85.1 Å². The van der Waals surface area contributed by atoms with Gasteiger partial charge in [0.25, 0.3) is 0 Å². The monoisotopic (exact) mass is 499 g/mol.